The molecule has 1 aromatic rings. The van der Waals surface area contributed by atoms with Gasteiger partial charge in [0.2, 0.25) is 0 Å². The summed E-state index contributed by atoms with van der Waals surface area (Å²) >= 11 is 1.55. The highest BCUT2D eigenvalue weighted by Gasteiger charge is 2.24. The van der Waals surface area contributed by atoms with Crippen molar-refractivity contribution in [1.29, 1.82) is 0 Å². The number of hydrogen-bond donors (Lipinski definition) is 1. The molecule has 1 fully saturated rings. The van der Waals surface area contributed by atoms with Crippen molar-refractivity contribution in [2.75, 3.05) is 26.3 Å². The number of carbonyl (C=O) groups excluding carboxylic acids is 1. The first-order valence-corrected chi connectivity index (χ1v) is 7.10. The topological polar surface area (TPSA) is 49.8 Å². The molecule has 1 aromatic heterocycles. The Hall–Kier alpha value is -0.910. The Morgan fingerprint density at radius 2 is 2.22 bits per heavy atom. The zero-order valence-corrected chi connectivity index (χ0v) is 11.4. The van der Waals surface area contributed by atoms with Crippen molar-refractivity contribution in [3.05, 3.63) is 21.9 Å². The number of aliphatic hydroxyl groups is 1. The normalized spacial score (nSPS) is 17.1. The van der Waals surface area contributed by atoms with Gasteiger partial charge in [-0.1, -0.05) is 0 Å². The SMILES string of the molecule is Cc1ccc(C(=O)N2CCC(OCCO)CC2)s1. The Bertz CT molecular complexity index is 397. The standard InChI is InChI=1S/C13H19NO3S/c1-10-2-3-12(18-10)13(16)14-6-4-11(5-7-14)17-9-8-15/h2-3,11,15H,4-9H2,1H3. The molecular weight excluding hydrogens is 250 g/mol. The minimum Gasteiger partial charge on any atom is -0.394 e. The summed E-state index contributed by atoms with van der Waals surface area (Å²) in [6.45, 7) is 3.95. The molecule has 100 valence electrons. The average molecular weight is 269 g/mol. The summed E-state index contributed by atoms with van der Waals surface area (Å²) in [7, 11) is 0. The van der Waals surface area contributed by atoms with E-state index in [0.29, 0.717) is 6.61 Å². The molecule has 5 heteroatoms. The molecule has 1 saturated heterocycles. The summed E-state index contributed by atoms with van der Waals surface area (Å²) in [5.41, 5.74) is 0. The van der Waals surface area contributed by atoms with Crippen LogP contribution in [-0.4, -0.2) is 48.3 Å². The van der Waals surface area contributed by atoms with Gasteiger partial charge in [-0.15, -0.1) is 11.3 Å². The Labute approximate surface area is 111 Å². The maximum atomic E-state index is 12.2. The number of aryl methyl sites for hydroxylation is 1. The van der Waals surface area contributed by atoms with Gasteiger partial charge < -0.3 is 14.7 Å². The molecule has 2 heterocycles. The molecular formula is C13H19NO3S. The molecule has 0 bridgehead atoms. The summed E-state index contributed by atoms with van der Waals surface area (Å²) in [6.07, 6.45) is 1.90. The third kappa shape index (κ3) is 3.31. The van der Waals surface area contributed by atoms with Crippen LogP contribution in [0.25, 0.3) is 0 Å². The van der Waals surface area contributed by atoms with Crippen LogP contribution in [0, 0.1) is 6.92 Å². The van der Waals surface area contributed by atoms with Crippen molar-refractivity contribution < 1.29 is 14.6 Å². The predicted molar refractivity (Wildman–Crippen MR) is 71.0 cm³/mol. The number of likely N-dealkylation sites (tertiary alicyclic amines) is 1. The number of thiophene rings is 1. The molecule has 0 radical (unpaired) electrons. The van der Waals surface area contributed by atoms with Crippen LogP contribution in [-0.2, 0) is 4.74 Å². The Morgan fingerprint density at radius 3 is 2.78 bits per heavy atom. The lowest BCUT2D eigenvalue weighted by Crippen LogP contribution is -2.40. The Kier molecular flexibility index (Phi) is 4.74. The lowest BCUT2D eigenvalue weighted by molar-refractivity contribution is -0.00545. The quantitative estimate of drug-likeness (QED) is 0.904. The molecule has 1 aliphatic rings. The van der Waals surface area contributed by atoms with Crippen LogP contribution in [0.2, 0.25) is 0 Å². The number of carbonyl (C=O) groups is 1. The first-order valence-electron chi connectivity index (χ1n) is 6.29. The molecule has 0 aromatic carbocycles. The molecule has 0 atom stereocenters. The lowest BCUT2D eigenvalue weighted by Gasteiger charge is -2.31. The summed E-state index contributed by atoms with van der Waals surface area (Å²) in [4.78, 5) is 16.1. The molecule has 0 saturated carbocycles. The van der Waals surface area contributed by atoms with Crippen LogP contribution in [0.4, 0.5) is 0 Å². The van der Waals surface area contributed by atoms with Crippen LogP contribution in [0.15, 0.2) is 12.1 Å². The van der Waals surface area contributed by atoms with E-state index in [-0.39, 0.29) is 18.6 Å². The average Bonchev–Trinajstić information content (AvgIpc) is 2.83. The minimum absolute atomic E-state index is 0.0631. The van der Waals surface area contributed by atoms with Gasteiger partial charge in [0.1, 0.15) is 0 Å². The molecule has 4 nitrogen and oxygen atoms in total. The maximum absolute atomic E-state index is 12.2. The van der Waals surface area contributed by atoms with Crippen molar-refractivity contribution in [3.63, 3.8) is 0 Å². The van der Waals surface area contributed by atoms with Crippen molar-refractivity contribution in [3.8, 4) is 0 Å². The largest absolute Gasteiger partial charge is 0.394 e. The van der Waals surface area contributed by atoms with Crippen LogP contribution >= 0.6 is 11.3 Å². The summed E-state index contributed by atoms with van der Waals surface area (Å²) in [6, 6.07) is 3.88. The lowest BCUT2D eigenvalue weighted by atomic mass is 10.1. The van der Waals surface area contributed by atoms with Crippen LogP contribution in [0.3, 0.4) is 0 Å². The fraction of sp³-hybridized carbons (Fsp3) is 0.615. The van der Waals surface area contributed by atoms with E-state index < -0.39 is 0 Å². The monoisotopic (exact) mass is 269 g/mol. The van der Waals surface area contributed by atoms with Gasteiger partial charge in [0.15, 0.2) is 0 Å². The predicted octanol–water partition coefficient (Wildman–Crippen LogP) is 1.67. The fourth-order valence-electron chi connectivity index (χ4n) is 2.15. The number of rotatable bonds is 4. The van der Waals surface area contributed by atoms with Crippen molar-refractivity contribution in [1.82, 2.24) is 4.90 Å². The van der Waals surface area contributed by atoms with Crippen LogP contribution < -0.4 is 0 Å². The van der Waals surface area contributed by atoms with Gasteiger partial charge in [-0.05, 0) is 31.9 Å². The number of piperidine rings is 1. The summed E-state index contributed by atoms with van der Waals surface area (Å²) in [5, 5.41) is 8.70. The van der Waals surface area contributed by atoms with Gasteiger partial charge in [0.25, 0.3) is 5.91 Å². The molecule has 0 unspecified atom stereocenters. The second-order valence-corrected chi connectivity index (χ2v) is 5.78. The number of ether oxygens (including phenoxy) is 1. The molecule has 1 amide bonds. The highest BCUT2D eigenvalue weighted by Crippen LogP contribution is 2.20. The van der Waals surface area contributed by atoms with E-state index in [1.165, 1.54) is 4.88 Å². The minimum atomic E-state index is 0.0631. The second kappa shape index (κ2) is 6.31. The number of hydrogen-bond acceptors (Lipinski definition) is 4. The molecule has 0 spiro atoms. The van der Waals surface area contributed by atoms with Gasteiger partial charge in [-0.25, -0.2) is 0 Å². The Morgan fingerprint density at radius 1 is 1.50 bits per heavy atom. The van der Waals surface area contributed by atoms with E-state index in [0.717, 1.165) is 30.8 Å². The summed E-state index contributed by atoms with van der Waals surface area (Å²) in [5.74, 6) is 0.133. The third-order valence-electron chi connectivity index (χ3n) is 3.13. The van der Waals surface area contributed by atoms with Gasteiger partial charge in [-0.3, -0.25) is 4.79 Å². The summed E-state index contributed by atoms with van der Waals surface area (Å²) < 4.78 is 5.48. The van der Waals surface area contributed by atoms with E-state index in [4.69, 9.17) is 9.84 Å². The van der Waals surface area contributed by atoms with Crippen molar-refractivity contribution >= 4 is 17.2 Å². The first-order chi connectivity index (χ1) is 8.70. The molecule has 2 rings (SSSR count). The maximum Gasteiger partial charge on any atom is 0.263 e. The molecule has 1 N–H and O–H groups in total. The molecule has 0 aliphatic carbocycles. The first kappa shape index (κ1) is 13.5. The smallest absolute Gasteiger partial charge is 0.263 e. The highest BCUT2D eigenvalue weighted by molar-refractivity contribution is 7.13. The van der Waals surface area contributed by atoms with Gasteiger partial charge in [-0.2, -0.15) is 0 Å². The number of nitrogens with zero attached hydrogens (tertiary/aromatic N) is 1. The van der Waals surface area contributed by atoms with E-state index in [1.807, 2.05) is 24.0 Å². The van der Waals surface area contributed by atoms with E-state index in [9.17, 15) is 4.79 Å². The zero-order chi connectivity index (χ0) is 13.0. The zero-order valence-electron chi connectivity index (χ0n) is 10.6. The van der Waals surface area contributed by atoms with E-state index >= 15 is 0 Å². The van der Waals surface area contributed by atoms with E-state index in [2.05, 4.69) is 0 Å². The second-order valence-electron chi connectivity index (χ2n) is 4.50. The van der Waals surface area contributed by atoms with Gasteiger partial charge in [0, 0.05) is 18.0 Å². The number of aliphatic hydroxyl groups excluding tert-OH is 1. The van der Waals surface area contributed by atoms with Crippen LogP contribution in [0.1, 0.15) is 27.4 Å². The number of amides is 1. The molecule has 18 heavy (non-hydrogen) atoms. The van der Waals surface area contributed by atoms with E-state index in [1.54, 1.807) is 11.3 Å². The fourth-order valence-corrected chi connectivity index (χ4v) is 2.99. The van der Waals surface area contributed by atoms with Gasteiger partial charge in [0.05, 0.1) is 24.2 Å². The third-order valence-corrected chi connectivity index (χ3v) is 4.11. The van der Waals surface area contributed by atoms with Gasteiger partial charge >= 0.3 is 0 Å². The van der Waals surface area contributed by atoms with Crippen LogP contribution in [0.5, 0.6) is 0 Å². The Balaban J connectivity index is 1.84. The molecule has 1 aliphatic heterocycles. The highest BCUT2D eigenvalue weighted by atomic mass is 32.1. The van der Waals surface area contributed by atoms with Crippen molar-refractivity contribution in [2.45, 2.75) is 25.9 Å². The van der Waals surface area contributed by atoms with Crippen molar-refractivity contribution in [2.24, 2.45) is 0 Å².